The number of carbonyl (C=O) groups is 1. The minimum Gasteiger partial charge on any atom is -0.497 e. The summed E-state index contributed by atoms with van der Waals surface area (Å²) in [4.78, 5) is 12.1. The maximum absolute atomic E-state index is 12.1. The van der Waals surface area contributed by atoms with Crippen molar-refractivity contribution in [1.82, 2.24) is 5.32 Å². The second-order valence-corrected chi connectivity index (χ2v) is 4.65. The molecule has 0 heterocycles. The molecule has 2 atom stereocenters. The lowest BCUT2D eigenvalue weighted by atomic mass is 10.1. The number of benzene rings is 1. The first-order chi connectivity index (χ1) is 8.97. The molecule has 1 aromatic rings. The topological polar surface area (TPSA) is 73.6 Å². The van der Waals surface area contributed by atoms with Crippen LogP contribution < -0.4 is 20.5 Å². The number of methoxy groups -OCH3 is 2. The average Bonchev–Trinajstić information content (AvgIpc) is 2.36. The molecular formula is C14H22N2O3. The highest BCUT2D eigenvalue weighted by molar-refractivity contribution is 5.97. The minimum absolute atomic E-state index is 0.0132. The van der Waals surface area contributed by atoms with Crippen LogP contribution >= 0.6 is 0 Å². The van der Waals surface area contributed by atoms with Gasteiger partial charge in [-0.05, 0) is 32.4 Å². The zero-order valence-corrected chi connectivity index (χ0v) is 11.9. The number of ether oxygens (including phenoxy) is 2. The molecule has 0 spiro atoms. The Morgan fingerprint density at radius 2 is 2.00 bits per heavy atom. The molecule has 3 N–H and O–H groups in total. The maximum atomic E-state index is 12.1. The lowest BCUT2D eigenvalue weighted by Gasteiger charge is -2.17. The van der Waals surface area contributed by atoms with E-state index in [0.29, 0.717) is 17.1 Å². The van der Waals surface area contributed by atoms with Crippen molar-refractivity contribution >= 4 is 5.91 Å². The van der Waals surface area contributed by atoms with Crippen LogP contribution in [0.1, 0.15) is 30.6 Å². The molecule has 0 fully saturated rings. The molecule has 2 unspecified atom stereocenters. The first-order valence-corrected chi connectivity index (χ1v) is 6.26. The Hall–Kier alpha value is -1.75. The van der Waals surface area contributed by atoms with Crippen molar-refractivity contribution in [1.29, 1.82) is 0 Å². The van der Waals surface area contributed by atoms with Gasteiger partial charge in [0.2, 0.25) is 0 Å². The SMILES string of the molecule is COc1ccc(C(=O)NC(C)CC(C)N)c(OC)c1. The van der Waals surface area contributed by atoms with Gasteiger partial charge in [0.25, 0.3) is 5.91 Å². The molecule has 5 nitrogen and oxygen atoms in total. The van der Waals surface area contributed by atoms with Crippen LogP contribution in [0.5, 0.6) is 11.5 Å². The Morgan fingerprint density at radius 1 is 1.32 bits per heavy atom. The fraction of sp³-hybridized carbons (Fsp3) is 0.500. The Morgan fingerprint density at radius 3 is 2.53 bits per heavy atom. The third-order valence-electron chi connectivity index (χ3n) is 2.76. The van der Waals surface area contributed by atoms with Gasteiger partial charge in [-0.25, -0.2) is 0 Å². The first-order valence-electron chi connectivity index (χ1n) is 6.26. The summed E-state index contributed by atoms with van der Waals surface area (Å²) in [5.74, 6) is 0.967. The van der Waals surface area contributed by atoms with Gasteiger partial charge in [-0.1, -0.05) is 0 Å². The van der Waals surface area contributed by atoms with Gasteiger partial charge >= 0.3 is 0 Å². The standard InChI is InChI=1S/C14H22N2O3/c1-9(15)7-10(2)16-14(17)12-6-5-11(18-3)8-13(12)19-4/h5-6,8-10H,7,15H2,1-4H3,(H,16,17). The van der Waals surface area contributed by atoms with E-state index in [1.807, 2.05) is 13.8 Å². The summed E-state index contributed by atoms with van der Waals surface area (Å²) in [6, 6.07) is 5.16. The van der Waals surface area contributed by atoms with Crippen molar-refractivity contribution in [2.75, 3.05) is 14.2 Å². The Balaban J connectivity index is 2.81. The van der Waals surface area contributed by atoms with Crippen molar-refractivity contribution in [3.63, 3.8) is 0 Å². The largest absolute Gasteiger partial charge is 0.497 e. The second-order valence-electron chi connectivity index (χ2n) is 4.65. The van der Waals surface area contributed by atoms with Crippen LogP contribution in [-0.4, -0.2) is 32.2 Å². The summed E-state index contributed by atoms with van der Waals surface area (Å²) in [7, 11) is 3.09. The van der Waals surface area contributed by atoms with E-state index in [-0.39, 0.29) is 18.0 Å². The molecule has 0 saturated carbocycles. The van der Waals surface area contributed by atoms with Crippen LogP contribution in [0.3, 0.4) is 0 Å². The molecule has 0 aliphatic carbocycles. The summed E-state index contributed by atoms with van der Waals surface area (Å²) in [5, 5.41) is 2.90. The van der Waals surface area contributed by atoms with Gasteiger partial charge in [-0.2, -0.15) is 0 Å². The van der Waals surface area contributed by atoms with Crippen molar-refractivity contribution in [2.45, 2.75) is 32.4 Å². The summed E-state index contributed by atoms with van der Waals surface area (Å²) in [6.07, 6.45) is 0.726. The van der Waals surface area contributed by atoms with Crippen LogP contribution in [-0.2, 0) is 0 Å². The zero-order valence-electron chi connectivity index (χ0n) is 11.9. The zero-order chi connectivity index (χ0) is 14.4. The van der Waals surface area contributed by atoms with Gasteiger partial charge in [0, 0.05) is 18.2 Å². The molecule has 1 aromatic carbocycles. The molecule has 19 heavy (non-hydrogen) atoms. The van der Waals surface area contributed by atoms with Crippen molar-refractivity contribution in [3.8, 4) is 11.5 Å². The predicted molar refractivity (Wildman–Crippen MR) is 74.7 cm³/mol. The van der Waals surface area contributed by atoms with E-state index in [1.54, 1.807) is 25.3 Å². The maximum Gasteiger partial charge on any atom is 0.255 e. The van der Waals surface area contributed by atoms with E-state index in [0.717, 1.165) is 6.42 Å². The fourth-order valence-corrected chi connectivity index (χ4v) is 1.90. The molecule has 0 aliphatic rings. The number of nitrogens with two attached hydrogens (primary N) is 1. The molecule has 106 valence electrons. The molecule has 0 aliphatic heterocycles. The number of hydrogen-bond acceptors (Lipinski definition) is 4. The fourth-order valence-electron chi connectivity index (χ4n) is 1.90. The van der Waals surface area contributed by atoms with E-state index in [4.69, 9.17) is 15.2 Å². The third kappa shape index (κ3) is 4.44. The normalized spacial score (nSPS) is 13.5. The number of hydrogen-bond donors (Lipinski definition) is 2. The summed E-state index contributed by atoms with van der Waals surface area (Å²) < 4.78 is 10.3. The van der Waals surface area contributed by atoms with Crippen LogP contribution in [0.2, 0.25) is 0 Å². The lowest BCUT2D eigenvalue weighted by Crippen LogP contribution is -2.36. The molecule has 0 bridgehead atoms. The van der Waals surface area contributed by atoms with Gasteiger partial charge in [0.15, 0.2) is 0 Å². The number of nitrogens with one attached hydrogen (secondary N) is 1. The Kier molecular flexibility index (Phi) is 5.63. The number of carbonyl (C=O) groups excluding carboxylic acids is 1. The molecule has 1 amide bonds. The van der Waals surface area contributed by atoms with E-state index in [2.05, 4.69) is 5.32 Å². The van der Waals surface area contributed by atoms with Gasteiger partial charge in [-0.3, -0.25) is 4.79 Å². The third-order valence-corrected chi connectivity index (χ3v) is 2.76. The van der Waals surface area contributed by atoms with E-state index in [1.165, 1.54) is 7.11 Å². The van der Waals surface area contributed by atoms with Crippen molar-refractivity contribution < 1.29 is 14.3 Å². The summed E-state index contributed by atoms with van der Waals surface area (Å²) in [6.45, 7) is 3.84. The minimum atomic E-state index is -0.173. The molecular weight excluding hydrogens is 244 g/mol. The first kappa shape index (κ1) is 15.3. The van der Waals surface area contributed by atoms with Gasteiger partial charge in [-0.15, -0.1) is 0 Å². The van der Waals surface area contributed by atoms with Crippen LogP contribution in [0.4, 0.5) is 0 Å². The van der Waals surface area contributed by atoms with Crippen LogP contribution in [0, 0.1) is 0 Å². The van der Waals surface area contributed by atoms with E-state index < -0.39 is 0 Å². The molecule has 0 aromatic heterocycles. The van der Waals surface area contributed by atoms with Gasteiger partial charge in [0.05, 0.1) is 19.8 Å². The summed E-state index contributed by atoms with van der Waals surface area (Å²) in [5.41, 5.74) is 6.20. The van der Waals surface area contributed by atoms with Gasteiger partial charge in [0.1, 0.15) is 11.5 Å². The summed E-state index contributed by atoms with van der Waals surface area (Å²) >= 11 is 0. The van der Waals surface area contributed by atoms with E-state index >= 15 is 0 Å². The number of amides is 1. The van der Waals surface area contributed by atoms with Crippen molar-refractivity contribution in [3.05, 3.63) is 23.8 Å². The Bertz CT molecular complexity index is 433. The quantitative estimate of drug-likeness (QED) is 0.819. The monoisotopic (exact) mass is 266 g/mol. The van der Waals surface area contributed by atoms with E-state index in [9.17, 15) is 4.79 Å². The molecule has 0 saturated heterocycles. The molecule has 1 rings (SSSR count). The van der Waals surface area contributed by atoms with Crippen molar-refractivity contribution in [2.24, 2.45) is 5.73 Å². The smallest absolute Gasteiger partial charge is 0.255 e. The van der Waals surface area contributed by atoms with Crippen LogP contribution in [0.25, 0.3) is 0 Å². The molecule has 0 radical (unpaired) electrons. The highest BCUT2D eigenvalue weighted by atomic mass is 16.5. The highest BCUT2D eigenvalue weighted by Crippen LogP contribution is 2.24. The Labute approximate surface area is 114 Å². The highest BCUT2D eigenvalue weighted by Gasteiger charge is 2.16. The average molecular weight is 266 g/mol. The lowest BCUT2D eigenvalue weighted by molar-refractivity contribution is 0.0934. The second kappa shape index (κ2) is 6.99. The number of rotatable bonds is 6. The van der Waals surface area contributed by atoms with Gasteiger partial charge < -0.3 is 20.5 Å². The molecule has 5 heteroatoms. The van der Waals surface area contributed by atoms with Crippen LogP contribution in [0.15, 0.2) is 18.2 Å². The predicted octanol–water partition coefficient (Wildman–Crippen LogP) is 1.56.